The number of aromatic nitrogens is 3. The topological polar surface area (TPSA) is 41.6 Å². The van der Waals surface area contributed by atoms with Gasteiger partial charge in [0.05, 0.1) is 11.1 Å². The third kappa shape index (κ3) is 1.76. The summed E-state index contributed by atoms with van der Waals surface area (Å²) >= 11 is 0. The molecule has 0 radical (unpaired) electrons. The van der Waals surface area contributed by atoms with Crippen LogP contribution in [0.2, 0.25) is 0 Å². The van der Waals surface area contributed by atoms with Gasteiger partial charge in [-0.25, -0.2) is 14.4 Å². The number of H-pyrrole nitrogens is 1. The second-order valence-corrected chi connectivity index (χ2v) is 4.39. The van der Waals surface area contributed by atoms with E-state index in [1.165, 1.54) is 6.07 Å². The molecule has 1 aromatic carbocycles. The Bertz CT molecular complexity index is 731. The van der Waals surface area contributed by atoms with E-state index in [-0.39, 0.29) is 5.82 Å². The Balaban J connectivity index is 2.19. The van der Waals surface area contributed by atoms with Gasteiger partial charge >= 0.3 is 0 Å². The van der Waals surface area contributed by atoms with Gasteiger partial charge in [-0.2, -0.15) is 0 Å². The molecule has 0 aliphatic heterocycles. The second kappa shape index (κ2) is 3.91. The highest BCUT2D eigenvalue weighted by Crippen LogP contribution is 2.23. The van der Waals surface area contributed by atoms with E-state index in [0.717, 1.165) is 16.8 Å². The first kappa shape index (κ1) is 10.9. The van der Waals surface area contributed by atoms with E-state index in [1.807, 2.05) is 32.0 Å². The van der Waals surface area contributed by atoms with Crippen LogP contribution in [0.4, 0.5) is 4.39 Å². The fourth-order valence-electron chi connectivity index (χ4n) is 1.93. The van der Waals surface area contributed by atoms with Gasteiger partial charge in [0.25, 0.3) is 0 Å². The molecular weight excluding hydrogens is 229 g/mol. The number of nitrogens with one attached hydrogen (secondary N) is 1. The molecule has 0 unspecified atom stereocenters. The lowest BCUT2D eigenvalue weighted by Gasteiger charge is -1.99. The molecule has 0 aliphatic rings. The number of aromatic amines is 1. The molecular formula is C14H12FN3. The maximum atomic E-state index is 13.9. The summed E-state index contributed by atoms with van der Waals surface area (Å²) in [5, 5.41) is 0. The monoisotopic (exact) mass is 241 g/mol. The normalized spacial score (nSPS) is 11.1. The number of imidazole rings is 1. The molecule has 1 N–H and O–H groups in total. The number of fused-ring (bicyclic) bond motifs is 1. The molecule has 0 bridgehead atoms. The summed E-state index contributed by atoms with van der Waals surface area (Å²) in [5.41, 5.74) is 3.68. The maximum Gasteiger partial charge on any atom is 0.178 e. The van der Waals surface area contributed by atoms with Gasteiger partial charge in [-0.05, 0) is 43.7 Å². The molecule has 0 spiro atoms. The molecule has 3 aromatic rings. The van der Waals surface area contributed by atoms with E-state index in [1.54, 1.807) is 6.07 Å². The zero-order chi connectivity index (χ0) is 12.7. The standard InChI is InChI=1S/C14H12FN3/c1-8-3-5-10(11(15)7-8)13-17-12-6-4-9(2)16-14(12)18-13/h3-7H,1-2H3,(H,16,17,18). The predicted octanol–water partition coefficient (Wildman–Crippen LogP) is 3.38. The second-order valence-electron chi connectivity index (χ2n) is 4.39. The Morgan fingerprint density at radius 3 is 2.67 bits per heavy atom. The fraction of sp³-hybridized carbons (Fsp3) is 0.143. The summed E-state index contributed by atoms with van der Waals surface area (Å²) in [6.07, 6.45) is 0. The van der Waals surface area contributed by atoms with Gasteiger partial charge in [0, 0.05) is 5.69 Å². The van der Waals surface area contributed by atoms with Crippen molar-refractivity contribution in [2.24, 2.45) is 0 Å². The van der Waals surface area contributed by atoms with Crippen LogP contribution < -0.4 is 0 Å². The van der Waals surface area contributed by atoms with Crippen molar-refractivity contribution in [3.8, 4) is 11.4 Å². The SMILES string of the molecule is Cc1ccc(-c2nc3nc(C)ccc3[nH]2)c(F)c1. The van der Waals surface area contributed by atoms with Gasteiger partial charge in [0.15, 0.2) is 5.65 Å². The average Bonchev–Trinajstić information content (AvgIpc) is 2.71. The van der Waals surface area contributed by atoms with E-state index < -0.39 is 0 Å². The van der Waals surface area contributed by atoms with Crippen LogP contribution in [0.25, 0.3) is 22.6 Å². The minimum absolute atomic E-state index is 0.272. The van der Waals surface area contributed by atoms with Crippen LogP contribution in [-0.2, 0) is 0 Å². The lowest BCUT2D eigenvalue weighted by molar-refractivity contribution is 0.629. The first-order valence-electron chi connectivity index (χ1n) is 5.73. The van der Waals surface area contributed by atoms with E-state index in [0.29, 0.717) is 17.0 Å². The number of hydrogen-bond donors (Lipinski definition) is 1. The average molecular weight is 241 g/mol. The van der Waals surface area contributed by atoms with Crippen molar-refractivity contribution in [2.75, 3.05) is 0 Å². The lowest BCUT2D eigenvalue weighted by atomic mass is 10.1. The van der Waals surface area contributed by atoms with Crippen LogP contribution in [0.5, 0.6) is 0 Å². The predicted molar refractivity (Wildman–Crippen MR) is 68.8 cm³/mol. The Morgan fingerprint density at radius 1 is 1.06 bits per heavy atom. The van der Waals surface area contributed by atoms with Crippen molar-refractivity contribution in [3.63, 3.8) is 0 Å². The first-order valence-corrected chi connectivity index (χ1v) is 5.73. The smallest absolute Gasteiger partial charge is 0.178 e. The molecule has 3 rings (SSSR count). The maximum absolute atomic E-state index is 13.9. The van der Waals surface area contributed by atoms with Crippen molar-refractivity contribution in [2.45, 2.75) is 13.8 Å². The van der Waals surface area contributed by atoms with Gasteiger partial charge in [-0.15, -0.1) is 0 Å². The highest BCUT2D eigenvalue weighted by Gasteiger charge is 2.10. The summed E-state index contributed by atoms with van der Waals surface area (Å²) < 4.78 is 13.9. The Labute approximate surface area is 104 Å². The quantitative estimate of drug-likeness (QED) is 0.709. The highest BCUT2D eigenvalue weighted by atomic mass is 19.1. The third-order valence-corrected chi connectivity index (χ3v) is 2.86. The van der Waals surface area contributed by atoms with Crippen LogP contribution in [-0.4, -0.2) is 15.0 Å². The highest BCUT2D eigenvalue weighted by molar-refractivity contribution is 5.76. The van der Waals surface area contributed by atoms with Crippen LogP contribution in [0.1, 0.15) is 11.3 Å². The zero-order valence-corrected chi connectivity index (χ0v) is 10.2. The molecule has 3 nitrogen and oxygen atoms in total. The van der Waals surface area contributed by atoms with E-state index in [4.69, 9.17) is 0 Å². The molecule has 90 valence electrons. The molecule has 0 saturated carbocycles. The largest absolute Gasteiger partial charge is 0.336 e. The number of pyridine rings is 1. The van der Waals surface area contributed by atoms with Crippen molar-refractivity contribution in [1.82, 2.24) is 15.0 Å². The molecule has 4 heteroatoms. The van der Waals surface area contributed by atoms with Crippen molar-refractivity contribution in [1.29, 1.82) is 0 Å². The fourth-order valence-corrected chi connectivity index (χ4v) is 1.93. The van der Waals surface area contributed by atoms with Gasteiger partial charge in [-0.3, -0.25) is 0 Å². The van der Waals surface area contributed by atoms with E-state index in [9.17, 15) is 4.39 Å². The Hall–Kier alpha value is -2.23. The Kier molecular flexibility index (Phi) is 2.37. The zero-order valence-electron chi connectivity index (χ0n) is 10.2. The van der Waals surface area contributed by atoms with E-state index >= 15 is 0 Å². The molecule has 2 heterocycles. The van der Waals surface area contributed by atoms with Crippen molar-refractivity contribution in [3.05, 3.63) is 47.4 Å². The lowest BCUT2D eigenvalue weighted by Crippen LogP contribution is -1.87. The van der Waals surface area contributed by atoms with Crippen LogP contribution in [0.3, 0.4) is 0 Å². The molecule has 18 heavy (non-hydrogen) atoms. The summed E-state index contributed by atoms with van der Waals surface area (Å²) in [7, 11) is 0. The number of nitrogens with zero attached hydrogens (tertiary/aromatic N) is 2. The number of rotatable bonds is 1. The van der Waals surface area contributed by atoms with Gasteiger partial charge < -0.3 is 4.98 Å². The molecule has 0 fully saturated rings. The van der Waals surface area contributed by atoms with Crippen LogP contribution in [0, 0.1) is 19.7 Å². The number of hydrogen-bond acceptors (Lipinski definition) is 2. The van der Waals surface area contributed by atoms with Gasteiger partial charge in [0.2, 0.25) is 0 Å². The minimum atomic E-state index is -0.272. The molecule has 0 atom stereocenters. The number of benzene rings is 1. The third-order valence-electron chi connectivity index (χ3n) is 2.86. The van der Waals surface area contributed by atoms with Crippen molar-refractivity contribution < 1.29 is 4.39 Å². The van der Waals surface area contributed by atoms with Gasteiger partial charge in [0.1, 0.15) is 11.6 Å². The molecule has 0 saturated heterocycles. The summed E-state index contributed by atoms with van der Waals surface area (Å²) in [6, 6.07) is 8.90. The van der Waals surface area contributed by atoms with Crippen LogP contribution >= 0.6 is 0 Å². The summed E-state index contributed by atoms with van der Waals surface area (Å²) in [6.45, 7) is 3.76. The summed E-state index contributed by atoms with van der Waals surface area (Å²) in [4.78, 5) is 11.7. The van der Waals surface area contributed by atoms with E-state index in [2.05, 4.69) is 15.0 Å². The number of halogens is 1. The first-order chi connectivity index (χ1) is 8.63. The Morgan fingerprint density at radius 2 is 1.89 bits per heavy atom. The molecule has 0 aliphatic carbocycles. The van der Waals surface area contributed by atoms with Gasteiger partial charge in [-0.1, -0.05) is 6.07 Å². The number of aryl methyl sites for hydroxylation is 2. The molecule has 0 amide bonds. The van der Waals surface area contributed by atoms with Crippen molar-refractivity contribution >= 4 is 11.2 Å². The minimum Gasteiger partial charge on any atom is -0.336 e. The molecule has 2 aromatic heterocycles. The summed E-state index contributed by atoms with van der Waals surface area (Å²) in [5.74, 6) is 0.242. The van der Waals surface area contributed by atoms with Crippen LogP contribution in [0.15, 0.2) is 30.3 Å².